The van der Waals surface area contributed by atoms with Gasteiger partial charge in [0.1, 0.15) is 12.4 Å². The summed E-state index contributed by atoms with van der Waals surface area (Å²) < 4.78 is 4.69. The second kappa shape index (κ2) is 8.61. The average molecular weight is 517 g/mol. The standard InChI is InChI=1S/C25H32N4O4S2/c1-12-21-20(13(2)30)24(31)29(21)22(25(32)33)23(12)35-17-6-16(26-8-17)7-18-10-28-14(3)27(9-15-4-5-15)11-19(28)34-18/h10-13,15-17,20-21,26,30H,4-9H2,1-3H3/t12-,13-,16+,17+,20-,21-/m1/s1. The summed E-state index contributed by atoms with van der Waals surface area (Å²) in [7, 11) is 0. The number of carboxylic acids is 1. The first-order valence-corrected chi connectivity index (χ1v) is 14.3. The summed E-state index contributed by atoms with van der Waals surface area (Å²) in [5.41, 5.74) is 0.0150. The first kappa shape index (κ1) is 23.5. The highest BCUT2D eigenvalue weighted by atomic mass is 32.2. The molecule has 3 aliphatic heterocycles. The first-order valence-electron chi connectivity index (χ1n) is 12.6. The largest absolute Gasteiger partial charge is 0.543 e. The van der Waals surface area contributed by atoms with E-state index in [4.69, 9.17) is 0 Å². The normalized spacial score (nSPS) is 31.4. The summed E-state index contributed by atoms with van der Waals surface area (Å²) in [5.74, 6) is -0.127. The number of fused-ring (bicyclic) bond motifs is 2. The van der Waals surface area contributed by atoms with Crippen molar-refractivity contribution in [2.75, 3.05) is 6.54 Å². The molecule has 1 saturated carbocycles. The molecule has 0 radical (unpaired) electrons. The Balaban J connectivity index is 1.12. The minimum atomic E-state index is -1.30. The minimum Gasteiger partial charge on any atom is -0.543 e. The number of aliphatic hydroxyl groups is 1. The van der Waals surface area contributed by atoms with Gasteiger partial charge in [-0.15, -0.1) is 11.8 Å². The van der Waals surface area contributed by atoms with Gasteiger partial charge < -0.3 is 25.2 Å². The number of nitrogens with one attached hydrogen (secondary N) is 1. The Kier molecular flexibility index (Phi) is 5.78. The number of thioether (sulfide) groups is 1. The summed E-state index contributed by atoms with van der Waals surface area (Å²) in [4.78, 5) is 29.2. The number of aromatic nitrogens is 2. The number of aryl methyl sites for hydroxylation is 1. The molecule has 10 heteroatoms. The molecule has 5 heterocycles. The third-order valence-electron chi connectivity index (χ3n) is 8.15. The number of amides is 1. The van der Waals surface area contributed by atoms with E-state index in [-0.39, 0.29) is 28.8 Å². The van der Waals surface area contributed by atoms with Gasteiger partial charge in [0, 0.05) is 46.9 Å². The predicted molar refractivity (Wildman–Crippen MR) is 131 cm³/mol. The Morgan fingerprint density at radius 3 is 2.86 bits per heavy atom. The highest BCUT2D eigenvalue weighted by Crippen LogP contribution is 2.51. The Bertz CT molecular complexity index is 1230. The van der Waals surface area contributed by atoms with E-state index < -0.39 is 18.0 Å². The van der Waals surface area contributed by atoms with Gasteiger partial charge in [-0.2, -0.15) is 4.40 Å². The maximum atomic E-state index is 12.6. The highest BCUT2D eigenvalue weighted by molar-refractivity contribution is 8.03. The molecule has 2 aromatic rings. The first-order chi connectivity index (χ1) is 16.7. The van der Waals surface area contributed by atoms with E-state index in [2.05, 4.69) is 33.6 Å². The Morgan fingerprint density at radius 1 is 1.43 bits per heavy atom. The van der Waals surface area contributed by atoms with Crippen molar-refractivity contribution in [2.24, 2.45) is 17.8 Å². The smallest absolute Gasteiger partial charge is 0.259 e. The minimum absolute atomic E-state index is 0.0150. The number of β-lactam (4-membered cyclic amide) rings is 1. The predicted octanol–water partition coefficient (Wildman–Crippen LogP) is 0.832. The van der Waals surface area contributed by atoms with Crippen LogP contribution in [0.5, 0.6) is 0 Å². The molecular weight excluding hydrogens is 484 g/mol. The van der Waals surface area contributed by atoms with E-state index in [1.54, 1.807) is 18.7 Å². The molecule has 1 amide bonds. The van der Waals surface area contributed by atoms with Gasteiger partial charge in [-0.1, -0.05) is 18.3 Å². The third kappa shape index (κ3) is 3.93. The number of aliphatic hydroxyl groups excluding tert-OH is 1. The zero-order valence-electron chi connectivity index (χ0n) is 20.3. The van der Waals surface area contributed by atoms with Crippen LogP contribution >= 0.6 is 23.1 Å². The number of imidazole rings is 1. The molecule has 8 nitrogen and oxygen atoms in total. The summed E-state index contributed by atoms with van der Waals surface area (Å²) in [6.07, 6.45) is 8.35. The molecular formula is C25H32N4O4S2. The molecule has 0 bridgehead atoms. The molecule has 6 atom stereocenters. The number of hydrogen-bond donors (Lipinski definition) is 2. The topological polar surface area (TPSA) is 101 Å². The Morgan fingerprint density at radius 2 is 2.20 bits per heavy atom. The monoisotopic (exact) mass is 516 g/mol. The zero-order chi connectivity index (χ0) is 24.6. The van der Waals surface area contributed by atoms with Crippen molar-refractivity contribution in [1.82, 2.24) is 14.6 Å². The van der Waals surface area contributed by atoms with Crippen LogP contribution in [-0.2, 0) is 22.6 Å². The highest BCUT2D eigenvalue weighted by Gasteiger charge is 2.59. The molecule has 6 rings (SSSR count). The van der Waals surface area contributed by atoms with Crippen LogP contribution in [0.1, 0.15) is 43.8 Å². The molecule has 1 aliphatic carbocycles. The number of aliphatic carboxylic acids is 1. The fourth-order valence-corrected chi connectivity index (χ4v) is 8.79. The molecule has 0 spiro atoms. The Hall–Kier alpha value is -1.88. The van der Waals surface area contributed by atoms with Crippen molar-refractivity contribution >= 4 is 39.8 Å². The van der Waals surface area contributed by atoms with Crippen molar-refractivity contribution in [2.45, 2.75) is 76.4 Å². The summed E-state index contributed by atoms with van der Waals surface area (Å²) in [6, 6.07) is 0.0474. The zero-order valence-corrected chi connectivity index (χ0v) is 21.9. The van der Waals surface area contributed by atoms with Gasteiger partial charge in [-0.05, 0) is 32.1 Å². The Labute approximate surface area is 213 Å². The summed E-state index contributed by atoms with van der Waals surface area (Å²) >= 11 is 3.42. The second-order valence-electron chi connectivity index (χ2n) is 10.7. The van der Waals surface area contributed by atoms with E-state index >= 15 is 0 Å². The van der Waals surface area contributed by atoms with Crippen LogP contribution in [0.15, 0.2) is 23.0 Å². The van der Waals surface area contributed by atoms with Crippen LogP contribution in [0.2, 0.25) is 0 Å². The number of carbonyl (C=O) groups excluding carboxylic acids is 2. The van der Waals surface area contributed by atoms with E-state index in [9.17, 15) is 19.8 Å². The maximum Gasteiger partial charge on any atom is 0.259 e. The van der Waals surface area contributed by atoms with Crippen molar-refractivity contribution in [1.29, 1.82) is 0 Å². The van der Waals surface area contributed by atoms with Crippen LogP contribution in [0.4, 0.5) is 0 Å². The lowest BCUT2D eigenvalue weighted by Crippen LogP contribution is -2.64. The van der Waals surface area contributed by atoms with Crippen LogP contribution in [0, 0.1) is 24.7 Å². The van der Waals surface area contributed by atoms with Crippen molar-refractivity contribution < 1.29 is 24.4 Å². The molecule has 2 N–H and O–H groups in total. The van der Waals surface area contributed by atoms with Gasteiger partial charge in [0.25, 0.3) is 5.82 Å². The second-order valence-corrected chi connectivity index (χ2v) is 13.2. The van der Waals surface area contributed by atoms with Crippen molar-refractivity contribution in [3.05, 3.63) is 33.7 Å². The van der Waals surface area contributed by atoms with Gasteiger partial charge in [0.05, 0.1) is 36.3 Å². The SMILES string of the molecule is Cc1n2cc(C[C@@H]3C[C@H](SC4=C(C(=O)[O-])N5C(=O)[C@H]([C@@H](C)O)[C@H]5[C@H]4C)CN3)sc2c[n+]1CC1CC1. The summed E-state index contributed by atoms with van der Waals surface area (Å²) in [6.45, 7) is 7.68. The lowest BCUT2D eigenvalue weighted by atomic mass is 9.79. The van der Waals surface area contributed by atoms with Gasteiger partial charge in [-0.3, -0.25) is 4.79 Å². The maximum absolute atomic E-state index is 12.6. The number of carbonyl (C=O) groups is 2. The van der Waals surface area contributed by atoms with Gasteiger partial charge in [-0.25, -0.2) is 4.57 Å². The average Bonchev–Trinajstić information content (AvgIpc) is 3.12. The van der Waals surface area contributed by atoms with Crippen LogP contribution < -0.4 is 15.0 Å². The number of nitrogens with zero attached hydrogens (tertiary/aromatic N) is 3. The fraction of sp³-hybridized carbons (Fsp3) is 0.640. The van der Waals surface area contributed by atoms with Gasteiger partial charge >= 0.3 is 0 Å². The van der Waals surface area contributed by atoms with Crippen LogP contribution in [0.25, 0.3) is 4.83 Å². The lowest BCUT2D eigenvalue weighted by Gasteiger charge is -2.47. The lowest BCUT2D eigenvalue weighted by molar-refractivity contribution is -0.704. The molecule has 3 fully saturated rings. The van der Waals surface area contributed by atoms with E-state index in [0.717, 1.165) is 36.8 Å². The number of hydrogen-bond acceptors (Lipinski definition) is 7. The van der Waals surface area contributed by atoms with Gasteiger partial charge in [0.2, 0.25) is 10.7 Å². The molecule has 35 heavy (non-hydrogen) atoms. The molecule has 0 unspecified atom stereocenters. The van der Waals surface area contributed by atoms with Gasteiger partial charge in [0.15, 0.2) is 0 Å². The van der Waals surface area contributed by atoms with E-state index in [1.807, 2.05) is 18.3 Å². The quantitative estimate of drug-likeness (QED) is 0.398. The number of rotatable bonds is 8. The van der Waals surface area contributed by atoms with E-state index in [1.165, 1.54) is 33.3 Å². The molecule has 2 saturated heterocycles. The van der Waals surface area contributed by atoms with Crippen molar-refractivity contribution in [3.63, 3.8) is 0 Å². The van der Waals surface area contributed by atoms with Crippen LogP contribution in [0.3, 0.4) is 0 Å². The molecule has 4 aliphatic rings. The molecule has 2 aromatic heterocycles. The molecule has 0 aromatic carbocycles. The van der Waals surface area contributed by atoms with Crippen LogP contribution in [-0.4, -0.2) is 56.3 Å². The summed E-state index contributed by atoms with van der Waals surface area (Å²) in [5, 5.41) is 25.9. The number of carboxylic acid groups (broad SMARTS) is 1. The fourth-order valence-electron chi connectivity index (χ4n) is 6.10. The number of thiazole rings is 1. The molecule has 188 valence electrons. The third-order valence-corrected chi connectivity index (χ3v) is 10.7. The van der Waals surface area contributed by atoms with E-state index in [0.29, 0.717) is 6.04 Å². The van der Waals surface area contributed by atoms with Crippen molar-refractivity contribution in [3.8, 4) is 0 Å².